The van der Waals surface area contributed by atoms with Gasteiger partial charge in [0, 0.05) is 12.3 Å². The summed E-state index contributed by atoms with van der Waals surface area (Å²) in [5.74, 6) is 1.25. The Labute approximate surface area is 89.9 Å². The van der Waals surface area contributed by atoms with E-state index in [0.717, 1.165) is 12.8 Å². The summed E-state index contributed by atoms with van der Waals surface area (Å²) in [4.78, 5) is 11.6. The van der Waals surface area contributed by atoms with Crippen molar-refractivity contribution in [1.82, 2.24) is 0 Å². The summed E-state index contributed by atoms with van der Waals surface area (Å²) >= 11 is 0. The standard InChI is InChI=1S/C13H16O2/c1-9-2-3-11(8-13(9)15)10-4-6-12(14)7-5-10/h4-7,9,11,14H,2-3,8H2,1H3. The van der Waals surface area contributed by atoms with Crippen LogP contribution in [0.15, 0.2) is 24.3 Å². The maximum absolute atomic E-state index is 11.6. The summed E-state index contributed by atoms with van der Waals surface area (Å²) in [5, 5.41) is 9.18. The summed E-state index contributed by atoms with van der Waals surface area (Å²) in [6.45, 7) is 2.01. The number of Topliss-reactive ketones (excluding diaryl/α,β-unsaturated/α-hetero) is 1. The normalized spacial score (nSPS) is 26.6. The van der Waals surface area contributed by atoms with Gasteiger partial charge in [-0.05, 0) is 36.5 Å². The van der Waals surface area contributed by atoms with Crippen molar-refractivity contribution in [3.05, 3.63) is 29.8 Å². The second-order valence-corrected chi connectivity index (χ2v) is 4.44. The average Bonchev–Trinajstić information content (AvgIpc) is 2.23. The molecule has 0 heterocycles. The fourth-order valence-corrected chi connectivity index (χ4v) is 2.19. The first kappa shape index (κ1) is 10.2. The van der Waals surface area contributed by atoms with E-state index in [-0.39, 0.29) is 11.7 Å². The molecule has 1 N–H and O–H groups in total. The minimum Gasteiger partial charge on any atom is -0.508 e. The van der Waals surface area contributed by atoms with E-state index in [1.807, 2.05) is 19.1 Å². The molecule has 2 heteroatoms. The van der Waals surface area contributed by atoms with Crippen molar-refractivity contribution in [2.45, 2.75) is 32.1 Å². The second kappa shape index (κ2) is 4.05. The predicted octanol–water partition coefficient (Wildman–Crippen LogP) is 2.86. The minimum absolute atomic E-state index is 0.235. The van der Waals surface area contributed by atoms with Gasteiger partial charge < -0.3 is 5.11 Å². The van der Waals surface area contributed by atoms with Crippen LogP contribution in [-0.2, 0) is 4.79 Å². The molecular weight excluding hydrogens is 188 g/mol. The molecule has 1 aromatic rings. The van der Waals surface area contributed by atoms with Gasteiger partial charge in [0.15, 0.2) is 0 Å². The van der Waals surface area contributed by atoms with Gasteiger partial charge in [0.2, 0.25) is 0 Å². The third kappa shape index (κ3) is 2.20. The molecule has 2 nitrogen and oxygen atoms in total. The van der Waals surface area contributed by atoms with Gasteiger partial charge >= 0.3 is 0 Å². The Bertz CT molecular complexity index is 353. The summed E-state index contributed by atoms with van der Waals surface area (Å²) in [5.41, 5.74) is 1.17. The first-order chi connectivity index (χ1) is 7.16. The molecule has 1 aromatic carbocycles. The van der Waals surface area contributed by atoms with Gasteiger partial charge in [-0.15, -0.1) is 0 Å². The monoisotopic (exact) mass is 204 g/mol. The SMILES string of the molecule is CC1CCC(c2ccc(O)cc2)CC1=O. The zero-order valence-electron chi connectivity index (χ0n) is 8.94. The molecule has 2 unspecified atom stereocenters. The molecule has 0 aliphatic heterocycles. The van der Waals surface area contributed by atoms with Crippen LogP contribution in [0.2, 0.25) is 0 Å². The maximum Gasteiger partial charge on any atom is 0.136 e. The van der Waals surface area contributed by atoms with Gasteiger partial charge in [-0.3, -0.25) is 4.79 Å². The number of ketones is 1. The van der Waals surface area contributed by atoms with Gasteiger partial charge in [0.05, 0.1) is 0 Å². The van der Waals surface area contributed by atoms with E-state index in [9.17, 15) is 9.90 Å². The molecule has 1 fully saturated rings. The molecule has 0 radical (unpaired) electrons. The number of phenols is 1. The molecule has 2 rings (SSSR count). The van der Waals surface area contributed by atoms with Crippen LogP contribution in [0.4, 0.5) is 0 Å². The fourth-order valence-electron chi connectivity index (χ4n) is 2.19. The number of carbonyl (C=O) groups excluding carboxylic acids is 1. The molecule has 0 aromatic heterocycles. The highest BCUT2D eigenvalue weighted by molar-refractivity contribution is 5.82. The molecule has 2 atom stereocenters. The van der Waals surface area contributed by atoms with Gasteiger partial charge in [-0.25, -0.2) is 0 Å². The van der Waals surface area contributed by atoms with Crippen LogP contribution >= 0.6 is 0 Å². The Morgan fingerprint density at radius 2 is 1.87 bits per heavy atom. The lowest BCUT2D eigenvalue weighted by molar-refractivity contribution is -0.124. The van der Waals surface area contributed by atoms with E-state index in [2.05, 4.69) is 0 Å². The summed E-state index contributed by atoms with van der Waals surface area (Å²) in [6.07, 6.45) is 2.73. The topological polar surface area (TPSA) is 37.3 Å². The number of aromatic hydroxyl groups is 1. The largest absolute Gasteiger partial charge is 0.508 e. The van der Waals surface area contributed by atoms with E-state index < -0.39 is 0 Å². The Morgan fingerprint density at radius 3 is 2.47 bits per heavy atom. The fraction of sp³-hybridized carbons (Fsp3) is 0.462. The van der Waals surface area contributed by atoms with Crippen molar-refractivity contribution >= 4 is 5.78 Å². The molecule has 1 saturated carbocycles. The molecule has 0 spiro atoms. The molecule has 0 amide bonds. The van der Waals surface area contributed by atoms with Gasteiger partial charge in [0.25, 0.3) is 0 Å². The lowest BCUT2D eigenvalue weighted by Crippen LogP contribution is -2.21. The highest BCUT2D eigenvalue weighted by atomic mass is 16.3. The van der Waals surface area contributed by atoms with Crippen LogP contribution < -0.4 is 0 Å². The molecular formula is C13H16O2. The van der Waals surface area contributed by atoms with Crippen molar-refractivity contribution < 1.29 is 9.90 Å². The summed E-state index contributed by atoms with van der Waals surface area (Å²) < 4.78 is 0. The number of hydrogen-bond acceptors (Lipinski definition) is 2. The zero-order valence-corrected chi connectivity index (χ0v) is 8.94. The van der Waals surface area contributed by atoms with E-state index in [0.29, 0.717) is 18.1 Å². The molecule has 1 aliphatic rings. The number of benzene rings is 1. The Morgan fingerprint density at radius 1 is 1.20 bits per heavy atom. The zero-order chi connectivity index (χ0) is 10.8. The second-order valence-electron chi connectivity index (χ2n) is 4.44. The quantitative estimate of drug-likeness (QED) is 0.763. The number of phenolic OH excluding ortho intramolecular Hbond substituents is 1. The van der Waals surface area contributed by atoms with E-state index in [1.165, 1.54) is 5.56 Å². The van der Waals surface area contributed by atoms with Crippen LogP contribution in [0.3, 0.4) is 0 Å². The van der Waals surface area contributed by atoms with Crippen molar-refractivity contribution in [3.63, 3.8) is 0 Å². The molecule has 0 saturated heterocycles. The third-order valence-electron chi connectivity index (χ3n) is 3.31. The van der Waals surface area contributed by atoms with Crippen LogP contribution in [0.5, 0.6) is 5.75 Å². The Balaban J connectivity index is 2.12. The smallest absolute Gasteiger partial charge is 0.136 e. The number of rotatable bonds is 1. The van der Waals surface area contributed by atoms with Gasteiger partial charge in [0.1, 0.15) is 11.5 Å². The van der Waals surface area contributed by atoms with E-state index in [1.54, 1.807) is 12.1 Å². The highest BCUT2D eigenvalue weighted by Gasteiger charge is 2.26. The predicted molar refractivity (Wildman–Crippen MR) is 58.9 cm³/mol. The Kier molecular flexibility index (Phi) is 2.76. The van der Waals surface area contributed by atoms with Crippen LogP contribution in [0, 0.1) is 5.92 Å². The highest BCUT2D eigenvalue weighted by Crippen LogP contribution is 2.33. The van der Waals surface area contributed by atoms with E-state index in [4.69, 9.17) is 0 Å². The van der Waals surface area contributed by atoms with Crippen molar-refractivity contribution in [2.75, 3.05) is 0 Å². The first-order valence-corrected chi connectivity index (χ1v) is 5.48. The molecule has 80 valence electrons. The number of carbonyl (C=O) groups is 1. The molecule has 0 bridgehead atoms. The summed E-state index contributed by atoms with van der Waals surface area (Å²) in [7, 11) is 0. The first-order valence-electron chi connectivity index (χ1n) is 5.48. The molecule has 15 heavy (non-hydrogen) atoms. The lowest BCUT2D eigenvalue weighted by atomic mass is 9.78. The van der Waals surface area contributed by atoms with E-state index >= 15 is 0 Å². The average molecular weight is 204 g/mol. The number of hydrogen-bond donors (Lipinski definition) is 1. The third-order valence-corrected chi connectivity index (χ3v) is 3.31. The van der Waals surface area contributed by atoms with Gasteiger partial charge in [-0.2, -0.15) is 0 Å². The Hall–Kier alpha value is -1.31. The van der Waals surface area contributed by atoms with Gasteiger partial charge in [-0.1, -0.05) is 19.1 Å². The lowest BCUT2D eigenvalue weighted by Gasteiger charge is -2.25. The maximum atomic E-state index is 11.6. The van der Waals surface area contributed by atoms with Crippen molar-refractivity contribution in [2.24, 2.45) is 5.92 Å². The van der Waals surface area contributed by atoms with Crippen LogP contribution in [0.25, 0.3) is 0 Å². The van der Waals surface area contributed by atoms with Crippen molar-refractivity contribution in [1.29, 1.82) is 0 Å². The van der Waals surface area contributed by atoms with Crippen molar-refractivity contribution in [3.8, 4) is 5.75 Å². The summed E-state index contributed by atoms with van der Waals surface area (Å²) in [6, 6.07) is 7.22. The van der Waals surface area contributed by atoms with Crippen LogP contribution in [-0.4, -0.2) is 10.9 Å². The molecule has 1 aliphatic carbocycles. The van der Waals surface area contributed by atoms with Crippen LogP contribution in [0.1, 0.15) is 37.7 Å². The minimum atomic E-state index is 0.235.